The number of aromatic nitrogens is 1. The lowest BCUT2D eigenvalue weighted by Crippen LogP contribution is -2.26. The molecule has 1 aromatic heterocycles. The molecular formula is C16H23FN2O. The fraction of sp³-hybridized carbons (Fsp3) is 0.500. The summed E-state index contributed by atoms with van der Waals surface area (Å²) in [6, 6.07) is 3.32. The number of benzene rings is 1. The Morgan fingerprint density at radius 1 is 1.25 bits per heavy atom. The number of aromatic amines is 1. The summed E-state index contributed by atoms with van der Waals surface area (Å²) in [5.74, 6) is 0.309. The first-order chi connectivity index (χ1) is 9.69. The Morgan fingerprint density at radius 3 is 2.70 bits per heavy atom. The molecular weight excluding hydrogens is 255 g/mol. The quantitative estimate of drug-likeness (QED) is 0.838. The zero-order chi connectivity index (χ0) is 14.5. The summed E-state index contributed by atoms with van der Waals surface area (Å²) >= 11 is 0. The van der Waals surface area contributed by atoms with Crippen LogP contribution in [-0.4, -0.2) is 36.6 Å². The summed E-state index contributed by atoms with van der Waals surface area (Å²) in [6.07, 6.45) is 3.98. The molecule has 4 heteroatoms. The van der Waals surface area contributed by atoms with Gasteiger partial charge in [-0.1, -0.05) is 13.8 Å². The number of rotatable bonds is 7. The van der Waals surface area contributed by atoms with Gasteiger partial charge in [-0.25, -0.2) is 4.39 Å². The summed E-state index contributed by atoms with van der Waals surface area (Å²) in [5, 5.41) is 0.925. The van der Waals surface area contributed by atoms with E-state index < -0.39 is 0 Å². The SMILES string of the molecule is CCCN(CC)CCc1c[nH]c2c(F)cc(OC)cc12. The van der Waals surface area contributed by atoms with Gasteiger partial charge in [0.15, 0.2) is 5.82 Å². The molecule has 2 rings (SSSR count). The van der Waals surface area contributed by atoms with E-state index in [-0.39, 0.29) is 5.82 Å². The molecule has 0 saturated heterocycles. The van der Waals surface area contributed by atoms with Crippen molar-refractivity contribution in [2.24, 2.45) is 0 Å². The van der Waals surface area contributed by atoms with E-state index in [4.69, 9.17) is 4.74 Å². The third-order valence-corrected chi connectivity index (χ3v) is 3.72. The van der Waals surface area contributed by atoms with E-state index in [2.05, 4.69) is 23.7 Å². The Hall–Kier alpha value is -1.55. The minimum absolute atomic E-state index is 0.258. The zero-order valence-electron chi connectivity index (χ0n) is 12.5. The highest BCUT2D eigenvalue weighted by Crippen LogP contribution is 2.27. The summed E-state index contributed by atoms with van der Waals surface area (Å²) in [4.78, 5) is 5.44. The van der Waals surface area contributed by atoms with Crippen LogP contribution in [0.3, 0.4) is 0 Å². The first-order valence-electron chi connectivity index (χ1n) is 7.25. The van der Waals surface area contributed by atoms with Crippen molar-refractivity contribution in [3.63, 3.8) is 0 Å². The highest BCUT2D eigenvalue weighted by molar-refractivity contribution is 5.85. The Morgan fingerprint density at radius 2 is 2.05 bits per heavy atom. The summed E-state index contributed by atoms with van der Waals surface area (Å²) in [7, 11) is 1.56. The Balaban J connectivity index is 2.20. The van der Waals surface area contributed by atoms with Crippen LogP contribution in [0.25, 0.3) is 10.9 Å². The van der Waals surface area contributed by atoms with E-state index in [1.54, 1.807) is 7.11 Å². The molecule has 0 saturated carbocycles. The highest BCUT2D eigenvalue weighted by atomic mass is 19.1. The molecule has 0 radical (unpaired) electrons. The Kier molecular flexibility index (Phi) is 5.01. The molecule has 0 unspecified atom stereocenters. The van der Waals surface area contributed by atoms with Gasteiger partial charge in [0.2, 0.25) is 0 Å². The molecule has 1 N–H and O–H groups in total. The topological polar surface area (TPSA) is 28.3 Å². The third kappa shape index (κ3) is 3.12. The van der Waals surface area contributed by atoms with E-state index in [0.717, 1.165) is 43.4 Å². The number of H-pyrrole nitrogens is 1. The molecule has 0 fully saturated rings. The molecule has 0 spiro atoms. The number of halogens is 1. The third-order valence-electron chi connectivity index (χ3n) is 3.72. The average Bonchev–Trinajstić information content (AvgIpc) is 2.87. The van der Waals surface area contributed by atoms with Gasteiger partial charge in [0.1, 0.15) is 5.75 Å². The van der Waals surface area contributed by atoms with Crippen LogP contribution >= 0.6 is 0 Å². The first-order valence-corrected chi connectivity index (χ1v) is 7.25. The van der Waals surface area contributed by atoms with E-state index in [0.29, 0.717) is 11.3 Å². The van der Waals surface area contributed by atoms with Gasteiger partial charge in [0.25, 0.3) is 0 Å². The predicted molar refractivity (Wildman–Crippen MR) is 80.9 cm³/mol. The maximum atomic E-state index is 13.9. The lowest BCUT2D eigenvalue weighted by molar-refractivity contribution is 0.293. The van der Waals surface area contributed by atoms with Crippen LogP contribution < -0.4 is 4.74 Å². The number of hydrogen-bond donors (Lipinski definition) is 1. The van der Waals surface area contributed by atoms with E-state index in [9.17, 15) is 4.39 Å². The molecule has 1 aromatic carbocycles. The van der Waals surface area contributed by atoms with Gasteiger partial charge < -0.3 is 14.6 Å². The number of ether oxygens (including phenoxy) is 1. The lowest BCUT2D eigenvalue weighted by atomic mass is 10.1. The van der Waals surface area contributed by atoms with Crippen molar-refractivity contribution in [1.29, 1.82) is 0 Å². The van der Waals surface area contributed by atoms with Gasteiger partial charge in [-0.05, 0) is 37.6 Å². The number of fused-ring (bicyclic) bond motifs is 1. The van der Waals surface area contributed by atoms with Gasteiger partial charge in [-0.2, -0.15) is 0 Å². The van der Waals surface area contributed by atoms with Gasteiger partial charge in [-0.15, -0.1) is 0 Å². The first kappa shape index (κ1) is 14.9. The predicted octanol–water partition coefficient (Wildman–Crippen LogP) is 3.59. The maximum Gasteiger partial charge on any atom is 0.150 e. The molecule has 3 nitrogen and oxygen atoms in total. The van der Waals surface area contributed by atoms with Gasteiger partial charge in [0.05, 0.1) is 12.6 Å². The van der Waals surface area contributed by atoms with Crippen LogP contribution in [0.5, 0.6) is 5.75 Å². The molecule has 20 heavy (non-hydrogen) atoms. The molecule has 0 aliphatic carbocycles. The van der Waals surface area contributed by atoms with Crippen molar-refractivity contribution in [3.8, 4) is 5.75 Å². The van der Waals surface area contributed by atoms with Crippen LogP contribution in [0.2, 0.25) is 0 Å². The smallest absolute Gasteiger partial charge is 0.150 e. The Bertz CT molecular complexity index is 565. The van der Waals surface area contributed by atoms with Crippen LogP contribution in [0.15, 0.2) is 18.3 Å². The number of nitrogens with one attached hydrogen (secondary N) is 1. The van der Waals surface area contributed by atoms with Crippen molar-refractivity contribution in [2.75, 3.05) is 26.7 Å². The highest BCUT2D eigenvalue weighted by Gasteiger charge is 2.11. The van der Waals surface area contributed by atoms with E-state index in [1.165, 1.54) is 6.07 Å². The van der Waals surface area contributed by atoms with Gasteiger partial charge >= 0.3 is 0 Å². The fourth-order valence-electron chi connectivity index (χ4n) is 2.57. The normalized spacial score (nSPS) is 11.4. The van der Waals surface area contributed by atoms with E-state index in [1.807, 2.05) is 12.3 Å². The molecule has 0 bridgehead atoms. The van der Waals surface area contributed by atoms with Gasteiger partial charge in [-0.3, -0.25) is 0 Å². The van der Waals surface area contributed by atoms with Crippen molar-refractivity contribution in [3.05, 3.63) is 29.7 Å². The lowest BCUT2D eigenvalue weighted by Gasteiger charge is -2.19. The number of nitrogens with zero attached hydrogens (tertiary/aromatic N) is 1. The van der Waals surface area contributed by atoms with Crippen LogP contribution in [-0.2, 0) is 6.42 Å². The second-order valence-electron chi connectivity index (χ2n) is 5.03. The second kappa shape index (κ2) is 6.75. The van der Waals surface area contributed by atoms with Crippen LogP contribution in [0.1, 0.15) is 25.8 Å². The molecule has 0 amide bonds. The second-order valence-corrected chi connectivity index (χ2v) is 5.03. The fourth-order valence-corrected chi connectivity index (χ4v) is 2.57. The van der Waals surface area contributed by atoms with E-state index >= 15 is 0 Å². The summed E-state index contributed by atoms with van der Waals surface area (Å²) in [5.41, 5.74) is 1.71. The van der Waals surface area contributed by atoms with Crippen LogP contribution in [0, 0.1) is 5.82 Å². The number of hydrogen-bond acceptors (Lipinski definition) is 2. The van der Waals surface area contributed by atoms with Crippen LogP contribution in [0.4, 0.5) is 4.39 Å². The molecule has 0 atom stereocenters. The summed E-state index contributed by atoms with van der Waals surface area (Å²) in [6.45, 7) is 7.52. The number of methoxy groups -OCH3 is 1. The molecule has 1 heterocycles. The van der Waals surface area contributed by atoms with Crippen molar-refractivity contribution in [1.82, 2.24) is 9.88 Å². The maximum absolute atomic E-state index is 13.9. The van der Waals surface area contributed by atoms with Crippen molar-refractivity contribution >= 4 is 10.9 Å². The standard InChI is InChI=1S/C16H23FN2O/c1-4-7-19(5-2)8-6-12-11-18-16-14(12)9-13(20-3)10-15(16)17/h9-11,18H,4-8H2,1-3H3. The Labute approximate surface area is 119 Å². The molecule has 0 aliphatic heterocycles. The zero-order valence-corrected chi connectivity index (χ0v) is 12.5. The monoisotopic (exact) mass is 278 g/mol. The molecule has 110 valence electrons. The molecule has 0 aliphatic rings. The van der Waals surface area contributed by atoms with Crippen molar-refractivity contribution in [2.45, 2.75) is 26.7 Å². The minimum atomic E-state index is -0.258. The largest absolute Gasteiger partial charge is 0.497 e. The van der Waals surface area contributed by atoms with Crippen molar-refractivity contribution < 1.29 is 9.13 Å². The number of likely N-dealkylation sites (N-methyl/N-ethyl adjacent to an activating group) is 1. The minimum Gasteiger partial charge on any atom is -0.497 e. The molecule has 2 aromatic rings. The summed E-state index contributed by atoms with van der Waals surface area (Å²) < 4.78 is 19.1. The van der Waals surface area contributed by atoms with Gasteiger partial charge in [0, 0.05) is 24.2 Å². The average molecular weight is 278 g/mol.